The average Bonchev–Trinajstić information content (AvgIpc) is 2.94. The Hall–Kier alpha value is -2.93. The van der Waals surface area contributed by atoms with Crippen molar-refractivity contribution in [2.45, 2.75) is 26.8 Å². The molecule has 6 nitrogen and oxygen atoms in total. The largest absolute Gasteiger partial charge is 0.325 e. The second-order valence-corrected chi connectivity index (χ2v) is 7.87. The standard InChI is InChI=1S/C21H20N4O2S/c1-12-8-13(2)10-15(9-12)23-18(26)11-28-21-24-17-7-5-4-6-16(17)19-22-14(3)20(27)25(19)21/h4-10,14H,11H2,1-3H3,(H,23,26)/t14-/m0/s1. The van der Waals surface area contributed by atoms with Gasteiger partial charge in [-0.2, -0.15) is 0 Å². The van der Waals surface area contributed by atoms with Gasteiger partial charge in [-0.3, -0.25) is 14.6 Å². The Morgan fingerprint density at radius 2 is 1.89 bits per heavy atom. The zero-order chi connectivity index (χ0) is 19.8. The van der Waals surface area contributed by atoms with Gasteiger partial charge >= 0.3 is 0 Å². The van der Waals surface area contributed by atoms with Crippen LogP contribution in [0.1, 0.15) is 23.6 Å². The SMILES string of the molecule is Cc1cc(C)cc(NC(=O)CSC2=Nc3ccccc3C3=N[C@@H](C)C(=O)N23)c1. The van der Waals surface area contributed by atoms with Crippen molar-refractivity contribution in [2.24, 2.45) is 9.98 Å². The van der Waals surface area contributed by atoms with Crippen LogP contribution in [0, 0.1) is 13.8 Å². The minimum absolute atomic E-state index is 0.120. The number of rotatable bonds is 3. The molecule has 0 aromatic heterocycles. The molecular formula is C21H20N4O2S. The van der Waals surface area contributed by atoms with Crippen LogP contribution in [0.25, 0.3) is 0 Å². The molecule has 0 radical (unpaired) electrons. The summed E-state index contributed by atoms with van der Waals surface area (Å²) in [5.41, 5.74) is 4.55. The molecule has 2 aromatic carbocycles. The van der Waals surface area contributed by atoms with Crippen molar-refractivity contribution in [1.29, 1.82) is 0 Å². The Morgan fingerprint density at radius 3 is 2.64 bits per heavy atom. The van der Waals surface area contributed by atoms with E-state index < -0.39 is 6.04 Å². The number of hydrogen-bond acceptors (Lipinski definition) is 5. The molecule has 1 atom stereocenters. The van der Waals surface area contributed by atoms with Gasteiger partial charge < -0.3 is 5.32 Å². The van der Waals surface area contributed by atoms with Gasteiger partial charge in [0.15, 0.2) is 5.17 Å². The first-order valence-corrected chi connectivity index (χ1v) is 10.0. The van der Waals surface area contributed by atoms with E-state index in [1.165, 1.54) is 16.7 Å². The summed E-state index contributed by atoms with van der Waals surface area (Å²) in [6, 6.07) is 13.1. The van der Waals surface area contributed by atoms with Gasteiger partial charge in [0.1, 0.15) is 11.9 Å². The highest BCUT2D eigenvalue weighted by molar-refractivity contribution is 8.14. The molecule has 2 amide bonds. The Labute approximate surface area is 167 Å². The van der Waals surface area contributed by atoms with E-state index in [-0.39, 0.29) is 17.6 Å². The number of thioether (sulfide) groups is 1. The van der Waals surface area contributed by atoms with E-state index in [4.69, 9.17) is 0 Å². The van der Waals surface area contributed by atoms with Crippen molar-refractivity contribution >= 4 is 46.0 Å². The van der Waals surface area contributed by atoms with Gasteiger partial charge in [-0.15, -0.1) is 0 Å². The van der Waals surface area contributed by atoms with Crippen molar-refractivity contribution in [3.05, 3.63) is 59.2 Å². The van der Waals surface area contributed by atoms with Gasteiger partial charge in [-0.05, 0) is 56.2 Å². The summed E-state index contributed by atoms with van der Waals surface area (Å²) in [5.74, 6) is 0.500. The summed E-state index contributed by atoms with van der Waals surface area (Å²) in [6.07, 6.45) is 0. The van der Waals surface area contributed by atoms with E-state index in [1.54, 1.807) is 6.92 Å². The summed E-state index contributed by atoms with van der Waals surface area (Å²) in [5, 5.41) is 3.40. The van der Waals surface area contributed by atoms with Crippen LogP contribution in [-0.4, -0.2) is 39.5 Å². The molecule has 0 unspecified atom stereocenters. The first-order valence-electron chi connectivity index (χ1n) is 9.03. The topological polar surface area (TPSA) is 74.1 Å². The maximum Gasteiger partial charge on any atom is 0.258 e. The molecule has 1 N–H and O–H groups in total. The Balaban J connectivity index is 1.52. The van der Waals surface area contributed by atoms with Crippen molar-refractivity contribution < 1.29 is 9.59 Å². The number of fused-ring (bicyclic) bond motifs is 3. The lowest BCUT2D eigenvalue weighted by atomic mass is 10.1. The normalized spacial score (nSPS) is 17.6. The van der Waals surface area contributed by atoms with Crippen LogP contribution in [0.5, 0.6) is 0 Å². The fraction of sp³-hybridized carbons (Fsp3) is 0.238. The van der Waals surface area contributed by atoms with Crippen LogP contribution in [0.2, 0.25) is 0 Å². The number of amides is 2. The number of aryl methyl sites for hydroxylation is 2. The van der Waals surface area contributed by atoms with E-state index in [0.29, 0.717) is 11.0 Å². The first-order chi connectivity index (χ1) is 13.4. The number of carbonyl (C=O) groups is 2. The van der Waals surface area contributed by atoms with E-state index in [1.807, 2.05) is 50.2 Å². The number of hydrogen-bond donors (Lipinski definition) is 1. The van der Waals surface area contributed by atoms with Crippen LogP contribution in [0.4, 0.5) is 11.4 Å². The van der Waals surface area contributed by atoms with Gasteiger partial charge in [0.25, 0.3) is 5.91 Å². The summed E-state index contributed by atoms with van der Waals surface area (Å²) in [7, 11) is 0. The molecule has 0 saturated heterocycles. The molecule has 0 spiro atoms. The molecule has 2 heterocycles. The van der Waals surface area contributed by atoms with Crippen LogP contribution in [-0.2, 0) is 9.59 Å². The first kappa shape index (κ1) is 18.4. The minimum atomic E-state index is -0.448. The lowest BCUT2D eigenvalue weighted by Crippen LogP contribution is -2.41. The highest BCUT2D eigenvalue weighted by Gasteiger charge is 2.39. The molecule has 0 saturated carbocycles. The zero-order valence-corrected chi connectivity index (χ0v) is 16.7. The molecule has 2 aliphatic heterocycles. The van der Waals surface area contributed by atoms with Crippen LogP contribution >= 0.6 is 11.8 Å². The summed E-state index contributed by atoms with van der Waals surface area (Å²) < 4.78 is 0. The van der Waals surface area contributed by atoms with Gasteiger partial charge in [0.05, 0.1) is 11.4 Å². The quantitative estimate of drug-likeness (QED) is 0.866. The number of amidine groups is 2. The van der Waals surface area contributed by atoms with Crippen LogP contribution in [0.15, 0.2) is 52.4 Å². The molecule has 0 fully saturated rings. The maximum atomic E-state index is 12.6. The average molecular weight is 392 g/mol. The Kier molecular flexibility index (Phi) is 4.77. The number of nitrogens with zero attached hydrogens (tertiary/aromatic N) is 3. The highest BCUT2D eigenvalue weighted by Crippen LogP contribution is 2.33. The molecule has 28 heavy (non-hydrogen) atoms. The molecule has 2 aliphatic rings. The lowest BCUT2D eigenvalue weighted by Gasteiger charge is -2.25. The molecule has 4 rings (SSSR count). The van der Waals surface area contributed by atoms with Crippen molar-refractivity contribution in [3.63, 3.8) is 0 Å². The third-order valence-electron chi connectivity index (χ3n) is 4.50. The number of para-hydroxylation sites is 1. The van der Waals surface area contributed by atoms with Crippen LogP contribution < -0.4 is 5.32 Å². The van der Waals surface area contributed by atoms with Crippen LogP contribution in [0.3, 0.4) is 0 Å². The smallest absolute Gasteiger partial charge is 0.258 e. The predicted octanol–water partition coefficient (Wildman–Crippen LogP) is 3.65. The van der Waals surface area contributed by atoms with Gasteiger partial charge in [-0.25, -0.2) is 9.89 Å². The number of benzene rings is 2. The minimum Gasteiger partial charge on any atom is -0.325 e. The third-order valence-corrected chi connectivity index (χ3v) is 5.43. The van der Waals surface area contributed by atoms with E-state index in [0.717, 1.165) is 28.1 Å². The zero-order valence-electron chi connectivity index (χ0n) is 15.9. The molecule has 0 bridgehead atoms. The summed E-state index contributed by atoms with van der Waals surface area (Å²) in [6.45, 7) is 5.75. The number of aliphatic imine (C=N–C) groups is 2. The summed E-state index contributed by atoms with van der Waals surface area (Å²) in [4.78, 5) is 35.7. The number of carbonyl (C=O) groups excluding carboxylic acids is 2. The molecule has 7 heteroatoms. The van der Waals surface area contributed by atoms with Gasteiger partial charge in [0, 0.05) is 11.3 Å². The Morgan fingerprint density at radius 1 is 1.18 bits per heavy atom. The van der Waals surface area contributed by atoms with E-state index in [2.05, 4.69) is 21.4 Å². The van der Waals surface area contributed by atoms with Crippen molar-refractivity contribution in [3.8, 4) is 0 Å². The number of anilines is 1. The Bertz CT molecular complexity index is 1020. The van der Waals surface area contributed by atoms with E-state index >= 15 is 0 Å². The second-order valence-electron chi connectivity index (χ2n) is 6.93. The molecule has 0 aliphatic carbocycles. The van der Waals surface area contributed by atoms with Crippen molar-refractivity contribution in [2.75, 3.05) is 11.1 Å². The molecular weight excluding hydrogens is 372 g/mol. The van der Waals surface area contributed by atoms with Crippen molar-refractivity contribution in [1.82, 2.24) is 4.90 Å². The summed E-state index contributed by atoms with van der Waals surface area (Å²) >= 11 is 1.24. The fourth-order valence-electron chi connectivity index (χ4n) is 3.35. The second kappa shape index (κ2) is 7.24. The lowest BCUT2D eigenvalue weighted by molar-refractivity contribution is -0.124. The number of nitrogens with one attached hydrogen (secondary N) is 1. The third kappa shape index (κ3) is 3.45. The molecule has 2 aromatic rings. The fourth-order valence-corrected chi connectivity index (χ4v) is 4.15. The highest BCUT2D eigenvalue weighted by atomic mass is 32.2. The van der Waals surface area contributed by atoms with Gasteiger partial charge in [0.2, 0.25) is 5.91 Å². The molecule has 142 valence electrons. The maximum absolute atomic E-state index is 12.6. The monoisotopic (exact) mass is 392 g/mol. The van der Waals surface area contributed by atoms with Gasteiger partial charge in [-0.1, -0.05) is 30.0 Å². The predicted molar refractivity (Wildman–Crippen MR) is 113 cm³/mol. The van der Waals surface area contributed by atoms with E-state index in [9.17, 15) is 9.59 Å².